The second-order valence-corrected chi connectivity index (χ2v) is 8.28. The molecule has 0 spiro atoms. The fraction of sp³-hybridized carbons (Fsp3) is 0.143. The van der Waals surface area contributed by atoms with E-state index in [2.05, 4.69) is 24.3 Å². The highest BCUT2D eigenvalue weighted by Crippen LogP contribution is 2.30. The van der Waals surface area contributed by atoms with E-state index in [1.54, 1.807) is 24.3 Å². The molecule has 0 saturated heterocycles. The van der Waals surface area contributed by atoms with E-state index < -0.39 is 0 Å². The van der Waals surface area contributed by atoms with Crippen LogP contribution in [0.2, 0.25) is 0 Å². The molecular weight excluding hydrogens is 396 g/mol. The fourth-order valence-electron chi connectivity index (χ4n) is 3.81. The van der Waals surface area contributed by atoms with Crippen molar-refractivity contribution in [3.63, 3.8) is 0 Å². The summed E-state index contributed by atoms with van der Waals surface area (Å²) >= 11 is 0. The summed E-state index contributed by atoms with van der Waals surface area (Å²) in [6, 6.07) is 23.4. The van der Waals surface area contributed by atoms with Gasteiger partial charge in [0, 0.05) is 56.3 Å². The lowest BCUT2D eigenvalue weighted by Gasteiger charge is -2.17. The Kier molecular flexibility index (Phi) is 5.78. The molecule has 0 unspecified atom stereocenters. The van der Waals surface area contributed by atoms with Crippen molar-refractivity contribution in [2.75, 3.05) is 38.0 Å². The molecule has 1 aliphatic rings. The highest BCUT2D eigenvalue weighted by Gasteiger charge is 2.24. The zero-order chi connectivity index (χ0) is 22.8. The number of fused-ring (bicyclic) bond motifs is 1. The molecule has 0 radical (unpaired) electrons. The molecule has 0 saturated carbocycles. The van der Waals surface area contributed by atoms with Crippen LogP contribution in [-0.4, -0.2) is 39.8 Å². The van der Waals surface area contributed by atoms with E-state index in [4.69, 9.17) is 0 Å². The third kappa shape index (κ3) is 4.12. The minimum absolute atomic E-state index is 0.132. The number of hydrogen-bond donors (Lipinski definition) is 0. The summed E-state index contributed by atoms with van der Waals surface area (Å²) < 4.78 is 0. The van der Waals surface area contributed by atoms with E-state index in [1.807, 2.05) is 68.3 Å². The number of rotatable bonds is 5. The Morgan fingerprint density at radius 1 is 0.656 bits per heavy atom. The molecule has 4 nitrogen and oxygen atoms in total. The van der Waals surface area contributed by atoms with E-state index in [0.29, 0.717) is 16.7 Å². The minimum atomic E-state index is -0.142. The second kappa shape index (κ2) is 8.67. The largest absolute Gasteiger partial charge is 0.378 e. The number of nitrogens with zero attached hydrogens (tertiary/aromatic N) is 2. The lowest BCUT2D eigenvalue weighted by atomic mass is 9.87. The highest BCUT2D eigenvalue weighted by atomic mass is 16.1. The Balaban J connectivity index is 1.83. The summed E-state index contributed by atoms with van der Waals surface area (Å²) in [5, 5.41) is 0. The standard InChI is InChI=1S/C28H26N2O2/c1-29(2)22-13-9-19(10-14-22)26(20-11-15-23(16-12-20)30(3)4)17-21-18-27(31)24-7-5-6-8-25(24)28(21)32/h5-18H,1-4H3. The molecule has 3 aromatic rings. The van der Waals surface area contributed by atoms with E-state index in [0.717, 1.165) is 28.1 Å². The molecule has 0 aliphatic heterocycles. The molecule has 0 amide bonds. The maximum atomic E-state index is 13.2. The Labute approximate surface area is 189 Å². The Morgan fingerprint density at radius 3 is 1.59 bits per heavy atom. The van der Waals surface area contributed by atoms with Crippen LogP contribution in [-0.2, 0) is 0 Å². The van der Waals surface area contributed by atoms with Gasteiger partial charge in [0.15, 0.2) is 11.6 Å². The Morgan fingerprint density at radius 2 is 1.12 bits per heavy atom. The molecular formula is C28H26N2O2. The van der Waals surface area contributed by atoms with Gasteiger partial charge >= 0.3 is 0 Å². The number of Topliss-reactive ketones (excluding diaryl/α,β-unsaturated/α-hetero) is 1. The van der Waals surface area contributed by atoms with Gasteiger partial charge in [-0.2, -0.15) is 0 Å². The Bertz CT molecular complexity index is 1180. The number of anilines is 2. The van der Waals surface area contributed by atoms with E-state index in [-0.39, 0.29) is 11.6 Å². The maximum Gasteiger partial charge on any atom is 0.193 e. The van der Waals surface area contributed by atoms with E-state index in [9.17, 15) is 9.59 Å². The first-order valence-corrected chi connectivity index (χ1v) is 10.5. The minimum Gasteiger partial charge on any atom is -0.378 e. The molecule has 3 aromatic carbocycles. The SMILES string of the molecule is CN(C)c1ccc(C(=CC2=CC(=O)c3ccccc3C2=O)c2ccc(N(C)C)cc2)cc1. The van der Waals surface area contributed by atoms with Crippen molar-refractivity contribution < 1.29 is 9.59 Å². The van der Waals surface area contributed by atoms with E-state index in [1.165, 1.54) is 6.08 Å². The molecule has 4 rings (SSSR count). The summed E-state index contributed by atoms with van der Waals surface area (Å²) in [7, 11) is 8.00. The summed E-state index contributed by atoms with van der Waals surface area (Å²) in [6.45, 7) is 0. The molecule has 0 fully saturated rings. The predicted molar refractivity (Wildman–Crippen MR) is 132 cm³/mol. The first-order valence-electron chi connectivity index (χ1n) is 10.5. The lowest BCUT2D eigenvalue weighted by Crippen LogP contribution is -2.16. The molecule has 32 heavy (non-hydrogen) atoms. The van der Waals surface area contributed by atoms with Crippen LogP contribution in [0.15, 0.2) is 90.5 Å². The van der Waals surface area contributed by atoms with E-state index >= 15 is 0 Å². The summed E-state index contributed by atoms with van der Waals surface area (Å²) in [4.78, 5) is 29.9. The molecule has 0 atom stereocenters. The quantitative estimate of drug-likeness (QED) is 0.563. The fourth-order valence-corrected chi connectivity index (χ4v) is 3.81. The average molecular weight is 423 g/mol. The molecule has 1 aliphatic carbocycles. The van der Waals surface area contributed by atoms with Gasteiger partial charge in [-0.25, -0.2) is 0 Å². The molecule has 0 heterocycles. The van der Waals surface area contributed by atoms with Crippen LogP contribution in [0.4, 0.5) is 11.4 Å². The third-order valence-electron chi connectivity index (χ3n) is 5.68. The van der Waals surface area contributed by atoms with Crippen molar-refractivity contribution in [1.82, 2.24) is 0 Å². The van der Waals surface area contributed by atoms with Gasteiger partial charge in [0.25, 0.3) is 0 Å². The second-order valence-electron chi connectivity index (χ2n) is 8.28. The van der Waals surface area contributed by atoms with Gasteiger partial charge in [0.05, 0.1) is 0 Å². The topological polar surface area (TPSA) is 40.6 Å². The molecule has 4 heteroatoms. The highest BCUT2D eigenvalue weighted by molar-refractivity contribution is 6.26. The zero-order valence-corrected chi connectivity index (χ0v) is 18.8. The van der Waals surface area contributed by atoms with Gasteiger partial charge in [-0.05, 0) is 53.1 Å². The van der Waals surface area contributed by atoms with Crippen LogP contribution in [0.3, 0.4) is 0 Å². The smallest absolute Gasteiger partial charge is 0.193 e. The number of hydrogen-bond acceptors (Lipinski definition) is 4. The zero-order valence-electron chi connectivity index (χ0n) is 18.8. The number of carbonyl (C=O) groups excluding carboxylic acids is 2. The first-order chi connectivity index (χ1) is 15.3. The average Bonchev–Trinajstić information content (AvgIpc) is 2.80. The van der Waals surface area contributed by atoms with Crippen LogP contribution < -0.4 is 9.80 Å². The van der Waals surface area contributed by atoms with Crippen molar-refractivity contribution in [1.29, 1.82) is 0 Å². The molecule has 0 N–H and O–H groups in total. The monoisotopic (exact) mass is 422 g/mol. The number of allylic oxidation sites excluding steroid dienone is 3. The lowest BCUT2D eigenvalue weighted by molar-refractivity contribution is 0.0987. The van der Waals surface area contributed by atoms with Gasteiger partial charge in [0.2, 0.25) is 0 Å². The maximum absolute atomic E-state index is 13.2. The third-order valence-corrected chi connectivity index (χ3v) is 5.68. The van der Waals surface area contributed by atoms with Gasteiger partial charge in [-0.3, -0.25) is 9.59 Å². The van der Waals surface area contributed by atoms with Gasteiger partial charge < -0.3 is 9.80 Å². The summed E-state index contributed by atoms with van der Waals surface area (Å²) in [6.07, 6.45) is 3.29. The first kappa shape index (κ1) is 21.3. The molecule has 160 valence electrons. The van der Waals surface area contributed by atoms with Crippen molar-refractivity contribution in [3.05, 3.63) is 113 Å². The van der Waals surface area contributed by atoms with Crippen LogP contribution in [0.5, 0.6) is 0 Å². The number of carbonyl (C=O) groups is 2. The van der Waals surface area contributed by atoms with Crippen molar-refractivity contribution in [2.45, 2.75) is 0 Å². The van der Waals surface area contributed by atoms with Crippen LogP contribution in [0.1, 0.15) is 31.8 Å². The summed E-state index contributed by atoms with van der Waals surface area (Å²) in [5.74, 6) is -0.274. The van der Waals surface area contributed by atoms with Crippen molar-refractivity contribution >= 4 is 28.5 Å². The van der Waals surface area contributed by atoms with Crippen LogP contribution in [0.25, 0.3) is 5.57 Å². The van der Waals surface area contributed by atoms with Gasteiger partial charge in [-0.15, -0.1) is 0 Å². The van der Waals surface area contributed by atoms with Crippen molar-refractivity contribution in [3.8, 4) is 0 Å². The molecule has 0 bridgehead atoms. The van der Waals surface area contributed by atoms with Gasteiger partial charge in [-0.1, -0.05) is 48.5 Å². The summed E-state index contributed by atoms with van der Waals surface area (Å²) in [5.41, 5.74) is 6.35. The van der Waals surface area contributed by atoms with Crippen LogP contribution in [0, 0.1) is 0 Å². The normalized spacial score (nSPS) is 12.7. The van der Waals surface area contributed by atoms with Gasteiger partial charge in [0.1, 0.15) is 0 Å². The number of benzene rings is 3. The van der Waals surface area contributed by atoms with Crippen LogP contribution >= 0.6 is 0 Å². The van der Waals surface area contributed by atoms with Crippen molar-refractivity contribution in [2.24, 2.45) is 0 Å². The number of ketones is 2. The Hall–Kier alpha value is -3.92. The predicted octanol–water partition coefficient (Wildman–Crippen LogP) is 5.26. The molecule has 0 aromatic heterocycles.